The van der Waals surface area contributed by atoms with Crippen molar-refractivity contribution in [2.45, 2.75) is 18.4 Å². The molecule has 0 heterocycles. The highest BCUT2D eigenvalue weighted by atomic mass is 32.2. The van der Waals surface area contributed by atoms with E-state index in [1.807, 2.05) is 6.92 Å². The molecule has 0 N–H and O–H groups in total. The molecule has 0 aromatic heterocycles. The van der Waals surface area contributed by atoms with E-state index >= 15 is 0 Å². The number of methoxy groups -OCH3 is 1. The predicted octanol–water partition coefficient (Wildman–Crippen LogP) is 4.31. The van der Waals surface area contributed by atoms with Gasteiger partial charge in [0.05, 0.1) is 29.2 Å². The minimum Gasteiger partial charge on any atom is -0.497 e. The van der Waals surface area contributed by atoms with Crippen LogP contribution in [-0.2, 0) is 16.6 Å². The van der Waals surface area contributed by atoms with E-state index in [0.29, 0.717) is 17.0 Å². The normalized spacial score (nSPS) is 11.1. The first-order valence-electron chi connectivity index (χ1n) is 8.78. The molecule has 0 amide bonds. The summed E-state index contributed by atoms with van der Waals surface area (Å²) in [6.45, 7) is 1.82. The van der Waals surface area contributed by atoms with Crippen LogP contribution in [0.25, 0.3) is 0 Å². The van der Waals surface area contributed by atoms with Crippen LogP contribution in [-0.4, -0.2) is 20.5 Å². The summed E-state index contributed by atoms with van der Waals surface area (Å²) in [6, 6.07) is 19.1. The quantitative estimate of drug-likeness (QED) is 0.426. The van der Waals surface area contributed by atoms with Crippen LogP contribution in [0.2, 0.25) is 0 Å². The average molecular weight is 412 g/mol. The lowest BCUT2D eigenvalue weighted by molar-refractivity contribution is -0.384. The molecule has 3 aromatic rings. The number of benzene rings is 3. The van der Waals surface area contributed by atoms with Gasteiger partial charge < -0.3 is 4.74 Å². The minimum absolute atomic E-state index is 0.0514. The smallest absolute Gasteiger partial charge is 0.269 e. The number of ether oxygens (including phenoxy) is 1. The zero-order chi connectivity index (χ0) is 21.0. The molecule has 0 fully saturated rings. The largest absolute Gasteiger partial charge is 0.497 e. The fraction of sp³-hybridized carbons (Fsp3) is 0.143. The summed E-state index contributed by atoms with van der Waals surface area (Å²) in [7, 11) is -2.37. The van der Waals surface area contributed by atoms with Crippen LogP contribution in [0.15, 0.2) is 77.7 Å². The van der Waals surface area contributed by atoms with E-state index in [1.54, 1.807) is 54.6 Å². The highest BCUT2D eigenvalue weighted by Gasteiger charge is 2.25. The number of nitro groups is 1. The molecule has 0 aliphatic carbocycles. The molecule has 0 radical (unpaired) electrons. The van der Waals surface area contributed by atoms with Crippen molar-refractivity contribution in [3.05, 3.63) is 94.0 Å². The second kappa shape index (κ2) is 8.32. The summed E-state index contributed by atoms with van der Waals surface area (Å²) in [5.41, 5.74) is 1.78. The lowest BCUT2D eigenvalue weighted by Crippen LogP contribution is -2.30. The van der Waals surface area contributed by atoms with Gasteiger partial charge in [-0.2, -0.15) is 0 Å². The predicted molar refractivity (Wildman–Crippen MR) is 111 cm³/mol. The van der Waals surface area contributed by atoms with Gasteiger partial charge in [0.15, 0.2) is 0 Å². The van der Waals surface area contributed by atoms with Gasteiger partial charge in [-0.1, -0.05) is 29.8 Å². The van der Waals surface area contributed by atoms with Crippen LogP contribution in [0, 0.1) is 17.0 Å². The summed E-state index contributed by atoms with van der Waals surface area (Å²) in [5, 5.41) is 11.1. The van der Waals surface area contributed by atoms with Crippen LogP contribution in [0.5, 0.6) is 5.75 Å². The monoisotopic (exact) mass is 412 g/mol. The number of anilines is 1. The molecule has 3 rings (SSSR count). The summed E-state index contributed by atoms with van der Waals surface area (Å²) in [6.07, 6.45) is 0. The Morgan fingerprint density at radius 1 is 1.00 bits per heavy atom. The number of nitro benzene ring substituents is 1. The van der Waals surface area contributed by atoms with E-state index in [4.69, 9.17) is 4.74 Å². The Kier molecular flexibility index (Phi) is 5.84. The SMILES string of the molecule is COc1ccc(N(Cc2cccc([N+](=O)[O-])c2)S(=O)(=O)c2ccc(C)cc2)cc1. The molecule has 7 nitrogen and oxygen atoms in total. The molecule has 0 aliphatic rings. The first-order valence-corrected chi connectivity index (χ1v) is 10.2. The molecule has 0 saturated carbocycles. The molecular formula is C21H20N2O5S. The molecular weight excluding hydrogens is 392 g/mol. The van der Waals surface area contributed by atoms with Gasteiger partial charge in [0.25, 0.3) is 15.7 Å². The maximum atomic E-state index is 13.4. The van der Waals surface area contributed by atoms with E-state index in [1.165, 1.54) is 29.6 Å². The first-order chi connectivity index (χ1) is 13.8. The molecule has 29 heavy (non-hydrogen) atoms. The van der Waals surface area contributed by atoms with Gasteiger partial charge in [-0.3, -0.25) is 14.4 Å². The number of hydrogen-bond donors (Lipinski definition) is 0. The maximum Gasteiger partial charge on any atom is 0.269 e. The Hall–Kier alpha value is -3.39. The van der Waals surface area contributed by atoms with Crippen LogP contribution in [0.4, 0.5) is 11.4 Å². The average Bonchev–Trinajstić information content (AvgIpc) is 2.72. The number of hydrogen-bond acceptors (Lipinski definition) is 5. The number of rotatable bonds is 7. The van der Waals surface area contributed by atoms with Crippen LogP contribution < -0.4 is 9.04 Å². The minimum atomic E-state index is -3.90. The summed E-state index contributed by atoms with van der Waals surface area (Å²) in [5.74, 6) is 0.594. The standard InChI is InChI=1S/C21H20N2O5S/c1-16-6-12-21(13-7-16)29(26,27)22(18-8-10-20(28-2)11-9-18)15-17-4-3-5-19(14-17)23(24)25/h3-14H,15H2,1-2H3. The molecule has 0 atom stereocenters. The van der Waals surface area contributed by atoms with Gasteiger partial charge in [-0.15, -0.1) is 0 Å². The van der Waals surface area contributed by atoms with E-state index < -0.39 is 14.9 Å². The zero-order valence-electron chi connectivity index (χ0n) is 16.0. The Morgan fingerprint density at radius 3 is 2.24 bits per heavy atom. The number of non-ortho nitro benzene ring substituents is 1. The molecule has 0 unspecified atom stereocenters. The lowest BCUT2D eigenvalue weighted by Gasteiger charge is -2.25. The molecule has 150 valence electrons. The van der Waals surface area contributed by atoms with Crippen molar-refractivity contribution in [2.24, 2.45) is 0 Å². The third-order valence-corrected chi connectivity index (χ3v) is 6.21. The van der Waals surface area contributed by atoms with Gasteiger partial charge >= 0.3 is 0 Å². The topological polar surface area (TPSA) is 89.8 Å². The number of aryl methyl sites for hydroxylation is 1. The summed E-state index contributed by atoms with van der Waals surface area (Å²) in [4.78, 5) is 10.7. The van der Waals surface area contributed by atoms with E-state index in [0.717, 1.165) is 5.56 Å². The third kappa shape index (κ3) is 4.55. The number of sulfonamides is 1. The van der Waals surface area contributed by atoms with Crippen molar-refractivity contribution in [1.82, 2.24) is 0 Å². The van der Waals surface area contributed by atoms with Gasteiger partial charge in [0.2, 0.25) is 0 Å². The van der Waals surface area contributed by atoms with Gasteiger partial charge in [-0.25, -0.2) is 8.42 Å². The Morgan fingerprint density at radius 2 is 1.66 bits per heavy atom. The molecule has 8 heteroatoms. The van der Waals surface area contributed by atoms with Crippen molar-refractivity contribution < 1.29 is 18.1 Å². The fourth-order valence-electron chi connectivity index (χ4n) is 2.84. The van der Waals surface area contributed by atoms with Crippen molar-refractivity contribution in [2.75, 3.05) is 11.4 Å². The van der Waals surface area contributed by atoms with Crippen molar-refractivity contribution >= 4 is 21.4 Å². The highest BCUT2D eigenvalue weighted by Crippen LogP contribution is 2.28. The summed E-state index contributed by atoms with van der Waals surface area (Å²) >= 11 is 0. The molecule has 0 aliphatic heterocycles. The van der Waals surface area contributed by atoms with E-state index in [2.05, 4.69) is 0 Å². The lowest BCUT2D eigenvalue weighted by atomic mass is 10.2. The molecule has 3 aromatic carbocycles. The fourth-order valence-corrected chi connectivity index (χ4v) is 4.29. The Bertz CT molecular complexity index is 1110. The molecule has 0 bridgehead atoms. The molecule has 0 spiro atoms. The van der Waals surface area contributed by atoms with Crippen molar-refractivity contribution in [1.29, 1.82) is 0 Å². The second-order valence-electron chi connectivity index (χ2n) is 6.45. The second-order valence-corrected chi connectivity index (χ2v) is 8.31. The van der Waals surface area contributed by atoms with Gasteiger partial charge in [-0.05, 0) is 48.9 Å². The Balaban J connectivity index is 2.07. The third-order valence-electron chi connectivity index (χ3n) is 4.42. The van der Waals surface area contributed by atoms with Crippen LogP contribution in [0.1, 0.15) is 11.1 Å². The summed E-state index contributed by atoms with van der Waals surface area (Å²) < 4.78 is 33.1. The zero-order valence-corrected chi connectivity index (χ0v) is 16.8. The van der Waals surface area contributed by atoms with Gasteiger partial charge in [0.1, 0.15) is 5.75 Å². The van der Waals surface area contributed by atoms with E-state index in [9.17, 15) is 18.5 Å². The van der Waals surface area contributed by atoms with Crippen molar-refractivity contribution in [3.8, 4) is 5.75 Å². The van der Waals surface area contributed by atoms with Crippen LogP contribution in [0.3, 0.4) is 0 Å². The van der Waals surface area contributed by atoms with Crippen molar-refractivity contribution in [3.63, 3.8) is 0 Å². The number of nitrogens with zero attached hydrogens (tertiary/aromatic N) is 2. The van der Waals surface area contributed by atoms with Crippen LogP contribution >= 0.6 is 0 Å². The maximum absolute atomic E-state index is 13.4. The molecule has 0 saturated heterocycles. The van der Waals surface area contributed by atoms with Gasteiger partial charge in [0, 0.05) is 12.1 Å². The van der Waals surface area contributed by atoms with E-state index in [-0.39, 0.29) is 17.1 Å². The Labute approximate surface area is 169 Å². The highest BCUT2D eigenvalue weighted by molar-refractivity contribution is 7.92. The first kappa shape index (κ1) is 20.3.